The molecule has 1 aromatic carbocycles. The summed E-state index contributed by atoms with van der Waals surface area (Å²) in [5, 5.41) is 2.97. The van der Waals surface area contributed by atoms with Crippen LogP contribution in [0.1, 0.15) is 0 Å². The second-order valence-corrected chi connectivity index (χ2v) is 3.56. The van der Waals surface area contributed by atoms with E-state index in [0.717, 1.165) is 5.69 Å². The van der Waals surface area contributed by atoms with Crippen molar-refractivity contribution in [3.8, 4) is 11.3 Å². The number of hydrogen-bond acceptors (Lipinski definition) is 1. The summed E-state index contributed by atoms with van der Waals surface area (Å²) in [5.74, 6) is 0. The number of benzene rings is 1. The summed E-state index contributed by atoms with van der Waals surface area (Å²) in [6.45, 7) is 0. The van der Waals surface area contributed by atoms with Gasteiger partial charge < -0.3 is 0 Å². The quantitative estimate of drug-likeness (QED) is 0.647. The van der Waals surface area contributed by atoms with Gasteiger partial charge in [0.15, 0.2) is 0 Å². The molecule has 1 heterocycles. The van der Waals surface area contributed by atoms with Crippen LogP contribution in [0.4, 0.5) is 0 Å². The first-order valence-electron chi connectivity index (χ1n) is 3.34. The van der Waals surface area contributed by atoms with Gasteiger partial charge in [-0.25, -0.2) is 0 Å². The molecule has 0 saturated heterocycles. The Morgan fingerprint density at radius 3 is 2.64 bits per heavy atom. The maximum atomic E-state index is 4.14. The molecule has 0 aliphatic carbocycles. The van der Waals surface area contributed by atoms with Crippen molar-refractivity contribution in [3.05, 3.63) is 40.3 Å². The molecule has 2 heteroatoms. The summed E-state index contributed by atoms with van der Waals surface area (Å²) in [4.78, 5) is 6.29. The van der Waals surface area contributed by atoms with Crippen LogP contribution in [-0.4, -0.2) is 19.5 Å². The van der Waals surface area contributed by atoms with E-state index in [1.165, 1.54) is 5.56 Å². The van der Waals surface area contributed by atoms with E-state index in [2.05, 4.69) is 27.1 Å². The minimum absolute atomic E-state index is 0.366. The van der Waals surface area contributed by atoms with Crippen molar-refractivity contribution >= 4 is 14.5 Å². The first-order valence-corrected chi connectivity index (χ1v) is 5.18. The van der Waals surface area contributed by atoms with Gasteiger partial charge in [-0.3, -0.25) is 0 Å². The van der Waals surface area contributed by atoms with Crippen LogP contribution in [0.15, 0.2) is 35.3 Å². The Morgan fingerprint density at radius 2 is 2.00 bits per heavy atom. The maximum absolute atomic E-state index is 4.14. The second-order valence-electron chi connectivity index (χ2n) is 2.19. The standard InChI is InChI=1S/C9H6NSe/c1-2-4-8(5-3-1)9-6-11-7-10-9/h1-6H. The van der Waals surface area contributed by atoms with Gasteiger partial charge in [-0.15, -0.1) is 0 Å². The molecular weight excluding hydrogens is 201 g/mol. The molecule has 0 atom stereocenters. The third kappa shape index (κ3) is 1.42. The van der Waals surface area contributed by atoms with Gasteiger partial charge in [0.2, 0.25) is 0 Å². The van der Waals surface area contributed by atoms with Gasteiger partial charge in [0, 0.05) is 0 Å². The zero-order valence-electron chi connectivity index (χ0n) is 5.82. The van der Waals surface area contributed by atoms with Gasteiger partial charge in [0.05, 0.1) is 0 Å². The van der Waals surface area contributed by atoms with Crippen molar-refractivity contribution in [2.45, 2.75) is 0 Å². The molecular formula is C9H6NSe. The van der Waals surface area contributed by atoms with Crippen LogP contribution in [0.25, 0.3) is 11.3 Å². The van der Waals surface area contributed by atoms with Crippen LogP contribution in [-0.2, 0) is 0 Å². The van der Waals surface area contributed by atoms with Gasteiger partial charge >= 0.3 is 71.1 Å². The summed E-state index contributed by atoms with van der Waals surface area (Å²) in [6, 6.07) is 10.2. The van der Waals surface area contributed by atoms with E-state index in [9.17, 15) is 0 Å². The zero-order chi connectivity index (χ0) is 7.52. The summed E-state index contributed by atoms with van der Waals surface area (Å²) in [6.07, 6.45) is 0. The number of nitrogens with zero attached hydrogens (tertiary/aromatic N) is 1. The van der Waals surface area contributed by atoms with Crippen LogP contribution in [0, 0.1) is 5.07 Å². The third-order valence-corrected chi connectivity index (χ3v) is 2.59. The molecule has 0 N–H and O–H groups in total. The van der Waals surface area contributed by atoms with Gasteiger partial charge in [-0.1, -0.05) is 0 Å². The molecule has 0 unspecified atom stereocenters. The molecule has 53 valence electrons. The predicted octanol–water partition coefficient (Wildman–Crippen LogP) is 1.61. The third-order valence-electron chi connectivity index (χ3n) is 1.46. The van der Waals surface area contributed by atoms with Crippen molar-refractivity contribution in [1.82, 2.24) is 4.98 Å². The Kier molecular flexibility index (Phi) is 1.89. The first kappa shape index (κ1) is 6.83. The number of hydrogen-bond donors (Lipinski definition) is 0. The van der Waals surface area contributed by atoms with Gasteiger partial charge in [-0.05, 0) is 0 Å². The van der Waals surface area contributed by atoms with Crippen molar-refractivity contribution in [2.75, 3.05) is 0 Å². The first-order chi connectivity index (χ1) is 5.47. The molecule has 0 amide bonds. The van der Waals surface area contributed by atoms with Crippen LogP contribution in [0.3, 0.4) is 0 Å². The predicted molar refractivity (Wildman–Crippen MR) is 45.4 cm³/mol. The molecule has 0 spiro atoms. The SMILES string of the molecule is [c]1nc(-c2ccccc2)c[se]1. The molecule has 2 aromatic rings. The topological polar surface area (TPSA) is 12.9 Å². The second kappa shape index (κ2) is 3.04. The Bertz CT molecular complexity index is 313. The van der Waals surface area contributed by atoms with Crippen molar-refractivity contribution in [1.29, 1.82) is 0 Å². The summed E-state index contributed by atoms with van der Waals surface area (Å²) in [5.41, 5.74) is 2.27. The van der Waals surface area contributed by atoms with Crippen LogP contribution in [0.5, 0.6) is 0 Å². The molecule has 11 heavy (non-hydrogen) atoms. The van der Waals surface area contributed by atoms with E-state index in [0.29, 0.717) is 14.5 Å². The Morgan fingerprint density at radius 1 is 1.18 bits per heavy atom. The Balaban J connectivity index is 2.46. The van der Waals surface area contributed by atoms with E-state index in [1.807, 2.05) is 18.2 Å². The molecule has 0 fully saturated rings. The minimum atomic E-state index is 0.366. The van der Waals surface area contributed by atoms with Gasteiger partial charge in [-0.2, -0.15) is 0 Å². The monoisotopic (exact) mass is 208 g/mol. The molecule has 0 aliphatic heterocycles. The fourth-order valence-electron chi connectivity index (χ4n) is 0.926. The Labute approximate surface area is 71.5 Å². The van der Waals surface area contributed by atoms with Gasteiger partial charge in [0.1, 0.15) is 0 Å². The fourth-order valence-corrected chi connectivity index (χ4v) is 1.98. The number of rotatable bonds is 1. The van der Waals surface area contributed by atoms with E-state index < -0.39 is 0 Å². The van der Waals surface area contributed by atoms with Crippen molar-refractivity contribution in [2.24, 2.45) is 0 Å². The summed E-state index contributed by atoms with van der Waals surface area (Å²) in [7, 11) is 0. The molecule has 0 bridgehead atoms. The van der Waals surface area contributed by atoms with Crippen LogP contribution in [0.2, 0.25) is 0 Å². The number of aromatic nitrogens is 1. The Hall–Kier alpha value is -0.851. The summed E-state index contributed by atoms with van der Waals surface area (Å²) < 4.78 is 0. The average Bonchev–Trinajstić information content (AvgIpc) is 2.58. The van der Waals surface area contributed by atoms with Crippen LogP contribution >= 0.6 is 0 Å². The molecule has 0 saturated carbocycles. The average molecular weight is 207 g/mol. The van der Waals surface area contributed by atoms with E-state index in [4.69, 9.17) is 0 Å². The van der Waals surface area contributed by atoms with Gasteiger partial charge in [0.25, 0.3) is 0 Å². The molecule has 0 aliphatic rings. The molecule has 1 radical (unpaired) electrons. The summed E-state index contributed by atoms with van der Waals surface area (Å²) >= 11 is 0.366. The van der Waals surface area contributed by atoms with E-state index in [-0.39, 0.29) is 0 Å². The van der Waals surface area contributed by atoms with Crippen molar-refractivity contribution in [3.63, 3.8) is 0 Å². The van der Waals surface area contributed by atoms with E-state index in [1.54, 1.807) is 0 Å². The normalized spacial score (nSPS) is 9.82. The molecule has 2 rings (SSSR count). The van der Waals surface area contributed by atoms with E-state index >= 15 is 0 Å². The van der Waals surface area contributed by atoms with Crippen LogP contribution < -0.4 is 0 Å². The molecule has 1 nitrogen and oxygen atoms in total. The zero-order valence-corrected chi connectivity index (χ0v) is 7.53. The molecule has 1 aromatic heterocycles. The fraction of sp³-hybridized carbons (Fsp3) is 0. The van der Waals surface area contributed by atoms with Crippen molar-refractivity contribution < 1.29 is 0 Å².